The zero-order valence-corrected chi connectivity index (χ0v) is 16.7. The lowest BCUT2D eigenvalue weighted by atomic mass is 10.1. The molecule has 2 aromatic rings. The number of rotatable bonds is 4. The van der Waals surface area contributed by atoms with Gasteiger partial charge in [-0.2, -0.15) is 13.2 Å². The topological polar surface area (TPSA) is 38.3 Å². The molecule has 0 unspecified atom stereocenters. The Balaban J connectivity index is 1.83. The van der Waals surface area contributed by atoms with Crippen molar-refractivity contribution in [3.63, 3.8) is 0 Å². The van der Waals surface area contributed by atoms with Crippen LogP contribution in [0.25, 0.3) is 6.08 Å². The van der Waals surface area contributed by atoms with E-state index in [2.05, 4.69) is 21.2 Å². The summed E-state index contributed by atoms with van der Waals surface area (Å²) in [5.41, 5.74) is 0.272. The Morgan fingerprint density at radius 3 is 2.67 bits per heavy atom. The summed E-state index contributed by atoms with van der Waals surface area (Å²) in [6, 6.07) is 10.1. The highest BCUT2D eigenvalue weighted by molar-refractivity contribution is 9.10. The average molecular weight is 474 g/mol. The van der Waals surface area contributed by atoms with Gasteiger partial charge in [-0.25, -0.2) is 0 Å². The summed E-state index contributed by atoms with van der Waals surface area (Å²) in [6.07, 6.45) is -2.78. The molecule has 0 spiro atoms. The van der Waals surface area contributed by atoms with Crippen LogP contribution in [-0.2, 0) is 17.6 Å². The van der Waals surface area contributed by atoms with Crippen LogP contribution in [0.5, 0.6) is 5.75 Å². The number of benzene rings is 2. The third kappa shape index (κ3) is 5.12. The van der Waals surface area contributed by atoms with Gasteiger partial charge in [0.2, 0.25) is 0 Å². The highest BCUT2D eigenvalue weighted by atomic mass is 79.9. The third-order valence-electron chi connectivity index (χ3n) is 3.55. The van der Waals surface area contributed by atoms with Gasteiger partial charge >= 0.3 is 6.18 Å². The Morgan fingerprint density at radius 2 is 2.00 bits per heavy atom. The fourth-order valence-corrected chi connectivity index (χ4v) is 3.74. The van der Waals surface area contributed by atoms with Crippen molar-refractivity contribution in [3.05, 3.63) is 68.5 Å². The molecule has 0 radical (unpaired) electrons. The molecule has 3 nitrogen and oxygen atoms in total. The first kappa shape index (κ1) is 19.9. The molecular formula is C18H11BrF3NO2S2. The second-order valence-electron chi connectivity index (χ2n) is 5.52. The van der Waals surface area contributed by atoms with Crippen LogP contribution in [0.4, 0.5) is 13.2 Å². The first-order valence-electron chi connectivity index (χ1n) is 7.56. The van der Waals surface area contributed by atoms with E-state index in [9.17, 15) is 18.0 Å². The fourth-order valence-electron chi connectivity index (χ4n) is 2.32. The van der Waals surface area contributed by atoms with E-state index in [0.29, 0.717) is 26.1 Å². The summed E-state index contributed by atoms with van der Waals surface area (Å²) in [5, 5.41) is 2.53. The fraction of sp³-hybridized carbons (Fsp3) is 0.111. The van der Waals surface area contributed by atoms with Gasteiger partial charge in [-0.1, -0.05) is 52.0 Å². The first-order valence-corrected chi connectivity index (χ1v) is 9.57. The van der Waals surface area contributed by atoms with Crippen molar-refractivity contribution < 1.29 is 22.7 Å². The number of alkyl halides is 3. The summed E-state index contributed by atoms with van der Waals surface area (Å²) in [5.74, 6) is 0.142. The normalized spacial score (nSPS) is 15.9. The van der Waals surface area contributed by atoms with Crippen LogP contribution in [0.15, 0.2) is 51.8 Å². The summed E-state index contributed by atoms with van der Waals surface area (Å²) < 4.78 is 45.3. The predicted octanol–water partition coefficient (Wildman–Crippen LogP) is 5.54. The van der Waals surface area contributed by atoms with E-state index in [1.807, 2.05) is 0 Å². The van der Waals surface area contributed by atoms with Crippen LogP contribution in [0.2, 0.25) is 0 Å². The minimum atomic E-state index is -4.41. The zero-order valence-electron chi connectivity index (χ0n) is 13.5. The quantitative estimate of drug-likeness (QED) is 0.467. The number of hydrogen-bond donors (Lipinski definition) is 1. The maximum absolute atomic E-state index is 12.8. The Hall–Kier alpha value is -1.84. The van der Waals surface area contributed by atoms with Gasteiger partial charge in [0.15, 0.2) is 0 Å². The standard InChI is InChI=1S/C18H11BrF3NO2S2/c19-13-4-5-14(11(7-13)8-15-16(24)23-17(26)27-15)25-9-10-2-1-3-12(6-10)18(20,21)22/h1-8H,9H2,(H,23,24,26). The van der Waals surface area contributed by atoms with Gasteiger partial charge in [-0.05, 0) is 42.0 Å². The number of thioether (sulfide) groups is 1. The number of halogens is 4. The molecule has 1 aliphatic rings. The molecule has 0 saturated carbocycles. The van der Waals surface area contributed by atoms with Crippen molar-refractivity contribution >= 4 is 56.2 Å². The Labute approximate surface area is 171 Å². The SMILES string of the molecule is O=C1NC(=S)SC1=Cc1cc(Br)ccc1OCc1cccc(C(F)(F)F)c1. The van der Waals surface area contributed by atoms with E-state index in [4.69, 9.17) is 17.0 Å². The number of thiocarbonyl (C=S) groups is 1. The molecule has 27 heavy (non-hydrogen) atoms. The summed E-state index contributed by atoms with van der Waals surface area (Å²) in [4.78, 5) is 12.3. The lowest BCUT2D eigenvalue weighted by Gasteiger charge is -2.12. The molecule has 0 atom stereocenters. The molecule has 0 aromatic heterocycles. The van der Waals surface area contributed by atoms with Crippen LogP contribution in [0, 0.1) is 0 Å². The highest BCUT2D eigenvalue weighted by Gasteiger charge is 2.30. The second-order valence-corrected chi connectivity index (χ2v) is 8.16. The molecule has 3 rings (SSSR count). The molecule has 0 aliphatic carbocycles. The number of nitrogens with one attached hydrogen (secondary N) is 1. The number of carbonyl (C=O) groups excluding carboxylic acids is 1. The highest BCUT2D eigenvalue weighted by Crippen LogP contribution is 2.32. The molecule has 2 aromatic carbocycles. The van der Waals surface area contributed by atoms with E-state index in [1.165, 1.54) is 6.07 Å². The van der Waals surface area contributed by atoms with Gasteiger partial charge in [0.05, 0.1) is 10.5 Å². The van der Waals surface area contributed by atoms with Gasteiger partial charge in [-0.3, -0.25) is 4.79 Å². The molecule has 1 amide bonds. The van der Waals surface area contributed by atoms with Gasteiger partial charge in [0.25, 0.3) is 5.91 Å². The number of carbonyl (C=O) groups is 1. The predicted molar refractivity (Wildman–Crippen MR) is 106 cm³/mol. The van der Waals surface area contributed by atoms with Crippen molar-refractivity contribution in [2.75, 3.05) is 0 Å². The van der Waals surface area contributed by atoms with Crippen molar-refractivity contribution in [3.8, 4) is 5.75 Å². The molecule has 140 valence electrons. The molecule has 1 heterocycles. The maximum Gasteiger partial charge on any atom is 0.416 e. The van der Waals surface area contributed by atoms with Crippen LogP contribution in [-0.4, -0.2) is 10.2 Å². The minimum Gasteiger partial charge on any atom is -0.488 e. The lowest BCUT2D eigenvalue weighted by Crippen LogP contribution is -2.17. The van der Waals surface area contributed by atoms with E-state index in [-0.39, 0.29) is 12.5 Å². The van der Waals surface area contributed by atoms with E-state index in [0.717, 1.165) is 28.4 Å². The monoisotopic (exact) mass is 473 g/mol. The second kappa shape index (κ2) is 8.04. The average Bonchev–Trinajstić information content (AvgIpc) is 2.91. The Morgan fingerprint density at radius 1 is 1.22 bits per heavy atom. The van der Waals surface area contributed by atoms with Crippen molar-refractivity contribution in [2.24, 2.45) is 0 Å². The molecule has 1 fully saturated rings. The zero-order chi connectivity index (χ0) is 19.6. The largest absolute Gasteiger partial charge is 0.488 e. The van der Waals surface area contributed by atoms with Crippen molar-refractivity contribution in [1.29, 1.82) is 0 Å². The summed E-state index contributed by atoms with van der Waals surface area (Å²) >= 11 is 9.46. The van der Waals surface area contributed by atoms with Crippen molar-refractivity contribution in [2.45, 2.75) is 12.8 Å². The van der Waals surface area contributed by atoms with E-state index >= 15 is 0 Å². The van der Waals surface area contributed by atoms with Gasteiger partial charge in [0, 0.05) is 10.0 Å². The smallest absolute Gasteiger partial charge is 0.416 e. The maximum atomic E-state index is 12.8. The molecular weight excluding hydrogens is 463 g/mol. The van der Waals surface area contributed by atoms with E-state index < -0.39 is 11.7 Å². The van der Waals surface area contributed by atoms with Crippen LogP contribution < -0.4 is 10.1 Å². The van der Waals surface area contributed by atoms with Crippen molar-refractivity contribution in [1.82, 2.24) is 5.32 Å². The number of amides is 1. The summed E-state index contributed by atoms with van der Waals surface area (Å²) in [6.45, 7) is -0.0422. The first-order chi connectivity index (χ1) is 12.7. The molecule has 1 N–H and O–H groups in total. The number of hydrogen-bond acceptors (Lipinski definition) is 4. The molecule has 1 aliphatic heterocycles. The van der Waals surface area contributed by atoms with Gasteiger partial charge in [-0.15, -0.1) is 0 Å². The molecule has 0 bridgehead atoms. The van der Waals surface area contributed by atoms with Gasteiger partial charge in [0.1, 0.15) is 16.7 Å². The van der Waals surface area contributed by atoms with Crippen LogP contribution in [0.3, 0.4) is 0 Å². The van der Waals surface area contributed by atoms with Gasteiger partial charge < -0.3 is 10.1 Å². The Bertz CT molecular complexity index is 944. The third-order valence-corrected chi connectivity index (χ3v) is 5.21. The lowest BCUT2D eigenvalue weighted by molar-refractivity contribution is -0.137. The Kier molecular flexibility index (Phi) is 5.92. The number of ether oxygens (including phenoxy) is 1. The minimum absolute atomic E-state index is 0.0422. The van der Waals surface area contributed by atoms with Crippen LogP contribution >= 0.6 is 39.9 Å². The summed E-state index contributed by atoms with van der Waals surface area (Å²) in [7, 11) is 0. The molecule has 9 heteroatoms. The van der Waals surface area contributed by atoms with Crippen LogP contribution in [0.1, 0.15) is 16.7 Å². The van der Waals surface area contributed by atoms with E-state index in [1.54, 1.807) is 30.3 Å². The molecule has 1 saturated heterocycles.